The number of aryl methyl sites for hydroxylation is 1. The second kappa shape index (κ2) is 9.61. The Kier molecular flexibility index (Phi) is 7.16. The van der Waals surface area contributed by atoms with Crippen molar-refractivity contribution >= 4 is 33.2 Å². The molecule has 6 nitrogen and oxygen atoms in total. The number of benzene rings is 2. The van der Waals surface area contributed by atoms with Crippen LogP contribution in [-0.4, -0.2) is 45.4 Å². The van der Waals surface area contributed by atoms with Crippen LogP contribution in [0, 0.1) is 6.92 Å². The zero-order valence-corrected chi connectivity index (χ0v) is 18.0. The van der Waals surface area contributed by atoms with E-state index in [1.807, 2.05) is 6.92 Å². The van der Waals surface area contributed by atoms with Crippen molar-refractivity contribution in [2.45, 2.75) is 31.1 Å². The standard InChI is InChI=1S/C21H26ClN3O3S/c1-16-5-8-18(9-6-16)29(27,28)24-17-7-10-19(20(22)15-17)21(26)23-11-4-14-25-12-2-3-13-25/h5-10,15,24H,2-4,11-14H2,1H3,(H,23,26). The molecule has 0 radical (unpaired) electrons. The molecule has 156 valence electrons. The molecule has 0 atom stereocenters. The van der Waals surface area contributed by atoms with Gasteiger partial charge >= 0.3 is 0 Å². The topological polar surface area (TPSA) is 78.5 Å². The molecule has 29 heavy (non-hydrogen) atoms. The molecule has 1 fully saturated rings. The lowest BCUT2D eigenvalue weighted by Gasteiger charge is -2.14. The van der Waals surface area contributed by atoms with Crippen molar-refractivity contribution < 1.29 is 13.2 Å². The Morgan fingerprint density at radius 1 is 1.10 bits per heavy atom. The van der Waals surface area contributed by atoms with Crippen LogP contribution in [0.25, 0.3) is 0 Å². The highest BCUT2D eigenvalue weighted by Gasteiger charge is 2.16. The lowest BCUT2D eigenvalue weighted by molar-refractivity contribution is 0.0952. The van der Waals surface area contributed by atoms with E-state index in [4.69, 9.17) is 11.6 Å². The number of nitrogens with one attached hydrogen (secondary N) is 2. The zero-order chi connectivity index (χ0) is 20.9. The first kappa shape index (κ1) is 21.6. The summed E-state index contributed by atoms with van der Waals surface area (Å²) >= 11 is 6.23. The van der Waals surface area contributed by atoms with Gasteiger partial charge in [0.05, 0.1) is 21.2 Å². The van der Waals surface area contributed by atoms with Crippen molar-refractivity contribution in [3.8, 4) is 0 Å². The molecule has 1 aliphatic heterocycles. The highest BCUT2D eigenvalue weighted by molar-refractivity contribution is 7.92. The summed E-state index contributed by atoms with van der Waals surface area (Å²) in [6.07, 6.45) is 3.39. The molecule has 0 spiro atoms. The number of rotatable bonds is 8. The van der Waals surface area contributed by atoms with Crippen LogP contribution in [0.15, 0.2) is 47.4 Å². The summed E-state index contributed by atoms with van der Waals surface area (Å²) in [5.74, 6) is -0.260. The third-order valence-electron chi connectivity index (χ3n) is 4.93. The first-order chi connectivity index (χ1) is 13.8. The highest BCUT2D eigenvalue weighted by Crippen LogP contribution is 2.23. The van der Waals surface area contributed by atoms with E-state index in [2.05, 4.69) is 14.9 Å². The molecule has 0 aromatic heterocycles. The Hall–Kier alpha value is -2.09. The fraction of sp³-hybridized carbons (Fsp3) is 0.381. The normalized spacial score (nSPS) is 14.7. The molecule has 0 bridgehead atoms. The van der Waals surface area contributed by atoms with E-state index >= 15 is 0 Å². The number of hydrogen-bond donors (Lipinski definition) is 2. The second-order valence-corrected chi connectivity index (χ2v) is 9.36. The summed E-state index contributed by atoms with van der Waals surface area (Å²) < 4.78 is 27.5. The smallest absolute Gasteiger partial charge is 0.261 e. The Morgan fingerprint density at radius 2 is 1.79 bits per heavy atom. The van der Waals surface area contributed by atoms with Crippen LogP contribution in [0.3, 0.4) is 0 Å². The van der Waals surface area contributed by atoms with Crippen LogP contribution in [0.5, 0.6) is 0 Å². The lowest BCUT2D eigenvalue weighted by atomic mass is 10.2. The van der Waals surface area contributed by atoms with Crippen molar-refractivity contribution in [1.82, 2.24) is 10.2 Å². The van der Waals surface area contributed by atoms with E-state index in [9.17, 15) is 13.2 Å². The first-order valence-electron chi connectivity index (χ1n) is 9.75. The molecule has 1 saturated heterocycles. The largest absolute Gasteiger partial charge is 0.352 e. The second-order valence-electron chi connectivity index (χ2n) is 7.27. The van der Waals surface area contributed by atoms with Gasteiger partial charge in [0.25, 0.3) is 15.9 Å². The number of sulfonamides is 1. The van der Waals surface area contributed by atoms with Gasteiger partial charge in [-0.05, 0) is 76.2 Å². The van der Waals surface area contributed by atoms with Crippen molar-refractivity contribution in [1.29, 1.82) is 0 Å². The average Bonchev–Trinajstić information content (AvgIpc) is 3.19. The monoisotopic (exact) mass is 435 g/mol. The van der Waals surface area contributed by atoms with Gasteiger partial charge < -0.3 is 10.2 Å². The first-order valence-corrected chi connectivity index (χ1v) is 11.6. The maximum absolute atomic E-state index is 12.5. The van der Waals surface area contributed by atoms with Gasteiger partial charge in [0.1, 0.15) is 0 Å². The van der Waals surface area contributed by atoms with Gasteiger partial charge in [0.2, 0.25) is 0 Å². The fourth-order valence-corrected chi connectivity index (χ4v) is 4.62. The summed E-state index contributed by atoms with van der Waals surface area (Å²) in [7, 11) is -3.72. The number of hydrogen-bond acceptors (Lipinski definition) is 4. The Bertz CT molecular complexity index is 956. The average molecular weight is 436 g/mol. The van der Waals surface area contributed by atoms with Crippen LogP contribution in [0.2, 0.25) is 5.02 Å². The molecule has 1 amide bonds. The number of nitrogens with zero attached hydrogens (tertiary/aromatic N) is 1. The number of halogens is 1. The van der Waals surface area contributed by atoms with Gasteiger partial charge in [-0.25, -0.2) is 8.42 Å². The van der Waals surface area contributed by atoms with E-state index < -0.39 is 10.0 Å². The molecule has 1 heterocycles. The third-order valence-corrected chi connectivity index (χ3v) is 6.64. The summed E-state index contributed by atoms with van der Waals surface area (Å²) in [6.45, 7) is 5.72. The van der Waals surface area contributed by atoms with E-state index in [-0.39, 0.29) is 15.8 Å². The van der Waals surface area contributed by atoms with Crippen LogP contribution >= 0.6 is 11.6 Å². The van der Waals surface area contributed by atoms with Crippen molar-refractivity contribution in [3.05, 3.63) is 58.6 Å². The molecule has 8 heteroatoms. The third kappa shape index (κ3) is 5.95. The molecule has 2 aromatic rings. The minimum atomic E-state index is -3.72. The molecule has 2 aromatic carbocycles. The van der Waals surface area contributed by atoms with Gasteiger partial charge in [-0.3, -0.25) is 9.52 Å². The van der Waals surface area contributed by atoms with Crippen LogP contribution < -0.4 is 10.0 Å². The number of carbonyl (C=O) groups excluding carboxylic acids is 1. The number of likely N-dealkylation sites (tertiary alicyclic amines) is 1. The minimum Gasteiger partial charge on any atom is -0.352 e. The summed E-state index contributed by atoms with van der Waals surface area (Å²) in [6, 6.07) is 11.1. The van der Waals surface area contributed by atoms with Gasteiger partial charge in [0.15, 0.2) is 0 Å². The quantitative estimate of drug-likeness (QED) is 0.620. The SMILES string of the molecule is Cc1ccc(S(=O)(=O)Nc2ccc(C(=O)NCCCN3CCCC3)c(Cl)c2)cc1. The Balaban J connectivity index is 1.57. The molecular formula is C21H26ClN3O3S. The van der Waals surface area contributed by atoms with Crippen molar-refractivity contribution in [2.75, 3.05) is 30.9 Å². The van der Waals surface area contributed by atoms with Crippen molar-refractivity contribution in [3.63, 3.8) is 0 Å². The molecular weight excluding hydrogens is 410 g/mol. The molecule has 1 aliphatic rings. The minimum absolute atomic E-state index is 0.166. The van der Waals surface area contributed by atoms with Gasteiger partial charge in [-0.2, -0.15) is 0 Å². The van der Waals surface area contributed by atoms with Crippen molar-refractivity contribution in [2.24, 2.45) is 0 Å². The number of carbonyl (C=O) groups is 1. The maximum atomic E-state index is 12.5. The van der Waals surface area contributed by atoms with E-state index in [0.717, 1.165) is 31.6 Å². The zero-order valence-electron chi connectivity index (χ0n) is 16.4. The Morgan fingerprint density at radius 3 is 2.45 bits per heavy atom. The van der Waals surface area contributed by atoms with Gasteiger partial charge in [-0.15, -0.1) is 0 Å². The molecule has 2 N–H and O–H groups in total. The predicted octanol–water partition coefficient (Wildman–Crippen LogP) is 3.66. The summed E-state index contributed by atoms with van der Waals surface area (Å²) in [4.78, 5) is 14.9. The molecule has 0 unspecified atom stereocenters. The van der Waals surface area contributed by atoms with Gasteiger partial charge in [0, 0.05) is 6.54 Å². The maximum Gasteiger partial charge on any atom is 0.261 e. The van der Waals surface area contributed by atoms with E-state index in [1.54, 1.807) is 24.3 Å². The summed E-state index contributed by atoms with van der Waals surface area (Å²) in [5.41, 5.74) is 1.61. The van der Waals surface area contributed by atoms with Crippen LogP contribution in [0.4, 0.5) is 5.69 Å². The Labute approximate surface area is 177 Å². The molecule has 0 aliphatic carbocycles. The lowest BCUT2D eigenvalue weighted by Crippen LogP contribution is -2.28. The summed E-state index contributed by atoms with van der Waals surface area (Å²) in [5, 5.41) is 3.07. The highest BCUT2D eigenvalue weighted by atomic mass is 35.5. The number of amides is 1. The van der Waals surface area contributed by atoms with Crippen LogP contribution in [-0.2, 0) is 10.0 Å². The van der Waals surface area contributed by atoms with E-state index in [1.165, 1.54) is 31.0 Å². The number of anilines is 1. The predicted molar refractivity (Wildman–Crippen MR) is 116 cm³/mol. The van der Waals surface area contributed by atoms with E-state index in [0.29, 0.717) is 17.8 Å². The van der Waals surface area contributed by atoms with Gasteiger partial charge in [-0.1, -0.05) is 29.3 Å². The van der Waals surface area contributed by atoms with Crippen LogP contribution in [0.1, 0.15) is 35.2 Å². The molecule has 0 saturated carbocycles. The molecule has 3 rings (SSSR count). The fourth-order valence-electron chi connectivity index (χ4n) is 3.30.